The minimum absolute atomic E-state index is 0.168. The summed E-state index contributed by atoms with van der Waals surface area (Å²) in [6, 6.07) is 0. The standard InChI is InChI=1S/C16H22O10/c1-5-16(15(23)24-6-2,26-12(20)8-10(4)18)13(14(21)22)25-11(19)7-9(3)17/h13H,5-8H2,1-4H3,(H,21,22)/t13-,16+/m1/s1. The van der Waals surface area contributed by atoms with Crippen molar-refractivity contribution in [2.75, 3.05) is 6.61 Å². The van der Waals surface area contributed by atoms with Crippen molar-refractivity contribution in [3.63, 3.8) is 0 Å². The molecule has 1 N–H and O–H groups in total. The van der Waals surface area contributed by atoms with Gasteiger partial charge in [-0.15, -0.1) is 0 Å². The summed E-state index contributed by atoms with van der Waals surface area (Å²) < 4.78 is 14.5. The molecule has 0 aliphatic heterocycles. The topological polar surface area (TPSA) is 150 Å². The zero-order valence-electron chi connectivity index (χ0n) is 15.0. The third-order valence-electron chi connectivity index (χ3n) is 3.13. The zero-order chi connectivity index (χ0) is 20.5. The molecule has 0 bridgehead atoms. The summed E-state index contributed by atoms with van der Waals surface area (Å²) in [5, 5.41) is 9.41. The Labute approximate surface area is 149 Å². The molecule has 146 valence electrons. The van der Waals surface area contributed by atoms with Crippen molar-refractivity contribution in [1.82, 2.24) is 0 Å². The highest BCUT2D eigenvalue weighted by atomic mass is 16.6. The van der Waals surface area contributed by atoms with Gasteiger partial charge >= 0.3 is 23.9 Å². The van der Waals surface area contributed by atoms with Crippen LogP contribution >= 0.6 is 0 Å². The van der Waals surface area contributed by atoms with Crippen LogP contribution in [0, 0.1) is 0 Å². The van der Waals surface area contributed by atoms with Crippen LogP contribution in [0.5, 0.6) is 0 Å². The maximum absolute atomic E-state index is 12.4. The fourth-order valence-electron chi connectivity index (χ4n) is 2.02. The molecule has 0 aromatic rings. The SMILES string of the molecule is CCOC(=O)[C@@](CC)(OC(=O)CC(C)=O)[C@H](OC(=O)CC(C)=O)C(=O)O. The van der Waals surface area contributed by atoms with Gasteiger partial charge in [-0.25, -0.2) is 9.59 Å². The molecule has 26 heavy (non-hydrogen) atoms. The molecule has 0 spiro atoms. The molecule has 0 aromatic heterocycles. The molecule has 0 aliphatic carbocycles. The first kappa shape index (κ1) is 23.2. The molecule has 0 amide bonds. The lowest BCUT2D eigenvalue weighted by molar-refractivity contribution is -0.209. The minimum Gasteiger partial charge on any atom is -0.478 e. The molecule has 10 heteroatoms. The van der Waals surface area contributed by atoms with Gasteiger partial charge in [-0.2, -0.15) is 0 Å². The second-order valence-electron chi connectivity index (χ2n) is 5.40. The van der Waals surface area contributed by atoms with Gasteiger partial charge in [0, 0.05) is 0 Å². The van der Waals surface area contributed by atoms with E-state index in [1.807, 2.05) is 0 Å². The van der Waals surface area contributed by atoms with Crippen LogP contribution in [0.3, 0.4) is 0 Å². The van der Waals surface area contributed by atoms with E-state index >= 15 is 0 Å². The van der Waals surface area contributed by atoms with Crippen LogP contribution in [0.2, 0.25) is 0 Å². The fraction of sp³-hybridized carbons (Fsp3) is 0.625. The number of aliphatic carboxylic acids is 1. The number of carboxylic acids is 1. The first-order valence-corrected chi connectivity index (χ1v) is 7.80. The number of esters is 3. The van der Waals surface area contributed by atoms with Crippen LogP contribution in [0.4, 0.5) is 0 Å². The van der Waals surface area contributed by atoms with Gasteiger partial charge in [0.25, 0.3) is 5.60 Å². The van der Waals surface area contributed by atoms with E-state index in [9.17, 15) is 33.9 Å². The van der Waals surface area contributed by atoms with E-state index in [1.165, 1.54) is 13.8 Å². The Kier molecular flexibility index (Phi) is 9.17. The van der Waals surface area contributed by atoms with Crippen molar-refractivity contribution in [3.8, 4) is 0 Å². The van der Waals surface area contributed by atoms with E-state index < -0.39 is 66.4 Å². The number of carbonyl (C=O) groups excluding carboxylic acids is 5. The number of rotatable bonds is 11. The summed E-state index contributed by atoms with van der Waals surface area (Å²) in [7, 11) is 0. The third-order valence-corrected chi connectivity index (χ3v) is 3.13. The van der Waals surface area contributed by atoms with Crippen LogP contribution in [0.15, 0.2) is 0 Å². The average molecular weight is 374 g/mol. The van der Waals surface area contributed by atoms with Gasteiger partial charge < -0.3 is 19.3 Å². The van der Waals surface area contributed by atoms with Crippen molar-refractivity contribution >= 4 is 35.4 Å². The lowest BCUT2D eigenvalue weighted by Gasteiger charge is -2.34. The summed E-state index contributed by atoms with van der Waals surface area (Å²) in [6.07, 6.45) is -4.11. The average Bonchev–Trinajstić information content (AvgIpc) is 2.49. The lowest BCUT2D eigenvalue weighted by Crippen LogP contribution is -2.58. The molecular formula is C16H22O10. The van der Waals surface area contributed by atoms with E-state index in [0.29, 0.717) is 0 Å². The smallest absolute Gasteiger partial charge is 0.355 e. The molecule has 2 atom stereocenters. The largest absolute Gasteiger partial charge is 0.478 e. The molecule has 0 heterocycles. The van der Waals surface area contributed by atoms with Crippen LogP contribution < -0.4 is 0 Å². The monoisotopic (exact) mass is 374 g/mol. The quantitative estimate of drug-likeness (QED) is 0.301. The van der Waals surface area contributed by atoms with Crippen LogP contribution in [0.25, 0.3) is 0 Å². The highest BCUT2D eigenvalue weighted by Crippen LogP contribution is 2.27. The van der Waals surface area contributed by atoms with Gasteiger partial charge in [-0.05, 0) is 27.2 Å². The van der Waals surface area contributed by atoms with Gasteiger partial charge in [-0.3, -0.25) is 19.2 Å². The first-order chi connectivity index (χ1) is 12.0. The van der Waals surface area contributed by atoms with Crippen LogP contribution in [0.1, 0.15) is 47.0 Å². The highest BCUT2D eigenvalue weighted by molar-refractivity contribution is 5.98. The second kappa shape index (κ2) is 10.3. The molecule has 0 aliphatic rings. The fourth-order valence-corrected chi connectivity index (χ4v) is 2.02. The number of hydrogen-bond acceptors (Lipinski definition) is 9. The Morgan fingerprint density at radius 2 is 1.42 bits per heavy atom. The Bertz CT molecular complexity index is 594. The highest BCUT2D eigenvalue weighted by Gasteiger charge is 2.56. The number of carboxylic acid groups (broad SMARTS) is 1. The molecule has 0 rings (SSSR count). The Morgan fingerprint density at radius 3 is 1.81 bits per heavy atom. The molecule has 0 saturated carbocycles. The van der Waals surface area contributed by atoms with E-state index in [1.54, 1.807) is 0 Å². The van der Waals surface area contributed by atoms with Crippen LogP contribution in [-0.2, 0) is 43.0 Å². The van der Waals surface area contributed by atoms with Crippen molar-refractivity contribution < 1.29 is 48.1 Å². The van der Waals surface area contributed by atoms with Gasteiger partial charge in [0.05, 0.1) is 6.61 Å². The van der Waals surface area contributed by atoms with Gasteiger partial charge in [0.2, 0.25) is 6.10 Å². The van der Waals surface area contributed by atoms with E-state index in [0.717, 1.165) is 13.8 Å². The number of carbonyl (C=O) groups is 6. The normalized spacial score (nSPS) is 13.7. The third kappa shape index (κ3) is 6.61. The lowest BCUT2D eigenvalue weighted by atomic mass is 9.92. The summed E-state index contributed by atoms with van der Waals surface area (Å²) in [5.74, 6) is -6.60. The Hall–Kier alpha value is -2.78. The first-order valence-electron chi connectivity index (χ1n) is 7.80. The molecule has 0 fully saturated rings. The van der Waals surface area contributed by atoms with Crippen molar-refractivity contribution in [2.45, 2.75) is 58.7 Å². The predicted octanol–water partition coefficient (Wildman–Crippen LogP) is 0.196. The molecule has 0 unspecified atom stereocenters. The Balaban J connectivity index is 5.93. The maximum atomic E-state index is 12.4. The number of ether oxygens (including phenoxy) is 3. The van der Waals surface area contributed by atoms with Gasteiger partial charge in [0.15, 0.2) is 0 Å². The van der Waals surface area contributed by atoms with Crippen molar-refractivity contribution in [3.05, 3.63) is 0 Å². The number of Topliss-reactive ketones (excluding diaryl/α,β-unsaturated/α-hetero) is 2. The van der Waals surface area contributed by atoms with Gasteiger partial charge in [0.1, 0.15) is 24.4 Å². The molecule has 0 saturated heterocycles. The predicted molar refractivity (Wildman–Crippen MR) is 83.9 cm³/mol. The summed E-state index contributed by atoms with van der Waals surface area (Å²) in [4.78, 5) is 69.7. The second-order valence-corrected chi connectivity index (χ2v) is 5.40. The van der Waals surface area contributed by atoms with E-state index in [2.05, 4.69) is 0 Å². The van der Waals surface area contributed by atoms with Crippen LogP contribution in [-0.4, -0.2) is 58.9 Å². The van der Waals surface area contributed by atoms with Crippen molar-refractivity contribution in [1.29, 1.82) is 0 Å². The maximum Gasteiger partial charge on any atom is 0.355 e. The Morgan fingerprint density at radius 1 is 0.923 bits per heavy atom. The van der Waals surface area contributed by atoms with E-state index in [-0.39, 0.29) is 6.61 Å². The molecule has 10 nitrogen and oxygen atoms in total. The summed E-state index contributed by atoms with van der Waals surface area (Å²) in [5.41, 5.74) is -2.50. The minimum atomic E-state index is -2.50. The van der Waals surface area contributed by atoms with E-state index in [4.69, 9.17) is 14.2 Å². The number of ketones is 2. The molecule has 0 aromatic carbocycles. The summed E-state index contributed by atoms with van der Waals surface area (Å²) >= 11 is 0. The summed E-state index contributed by atoms with van der Waals surface area (Å²) in [6.45, 7) is 4.77. The van der Waals surface area contributed by atoms with Gasteiger partial charge in [-0.1, -0.05) is 6.92 Å². The van der Waals surface area contributed by atoms with Crippen molar-refractivity contribution in [2.24, 2.45) is 0 Å². The number of hydrogen-bond donors (Lipinski definition) is 1. The zero-order valence-corrected chi connectivity index (χ0v) is 15.0. The molecule has 0 radical (unpaired) electrons. The molecular weight excluding hydrogens is 352 g/mol.